The summed E-state index contributed by atoms with van der Waals surface area (Å²) in [5.74, 6) is -5.13. The molecule has 3 rings (SSSR count). The van der Waals surface area contributed by atoms with Gasteiger partial charge in [-0.1, -0.05) is 42.5 Å². The van der Waals surface area contributed by atoms with Crippen molar-refractivity contribution < 1.29 is 62.9 Å². The zero-order valence-electron chi connectivity index (χ0n) is 35.1. The zero-order valence-corrected chi connectivity index (χ0v) is 35.1. The molecule has 63 heavy (non-hydrogen) atoms. The number of primary amides is 2. The summed E-state index contributed by atoms with van der Waals surface area (Å²) in [6.45, 7) is 3.47. The first-order valence-corrected chi connectivity index (χ1v) is 20.1. The number of ether oxygens (including phenoxy) is 3. The van der Waals surface area contributed by atoms with Crippen LogP contribution >= 0.6 is 0 Å². The average Bonchev–Trinajstić information content (AvgIpc) is 3.24. The van der Waals surface area contributed by atoms with Crippen molar-refractivity contribution in [3.63, 3.8) is 0 Å². The Hall–Kier alpha value is -6.33. The highest BCUT2D eigenvalue weighted by Crippen LogP contribution is 2.26. The van der Waals surface area contributed by atoms with Crippen molar-refractivity contribution in [3.05, 3.63) is 81.9 Å². The second kappa shape index (κ2) is 25.6. The van der Waals surface area contributed by atoms with E-state index in [-0.39, 0.29) is 38.1 Å². The van der Waals surface area contributed by atoms with Crippen LogP contribution in [0.4, 0.5) is 5.69 Å². The molecular formula is C41H56N8O14. The Bertz CT molecular complexity index is 1940. The van der Waals surface area contributed by atoms with Gasteiger partial charge in [-0.3, -0.25) is 43.7 Å². The number of nitrogens with zero attached hydrogens (tertiary/aromatic N) is 1. The number of nitrogens with two attached hydrogens (primary N) is 2. The minimum atomic E-state index is -1.53. The van der Waals surface area contributed by atoms with Gasteiger partial charge in [0.05, 0.1) is 18.1 Å². The molecule has 1 heterocycles. The summed E-state index contributed by atoms with van der Waals surface area (Å²) < 4.78 is 17.6. The molecule has 0 radical (unpaired) electrons. The number of aliphatic hydroxyl groups excluding tert-OH is 2. The Kier molecular flexibility index (Phi) is 20.7. The molecule has 0 spiro atoms. The third-order valence-electron chi connectivity index (χ3n) is 9.69. The molecule has 2 aromatic carbocycles. The molecule has 1 aliphatic heterocycles. The molecule has 0 aliphatic carbocycles. The number of nitro benzene ring substituents is 1. The van der Waals surface area contributed by atoms with Crippen molar-refractivity contribution in [1.82, 2.24) is 26.6 Å². The summed E-state index contributed by atoms with van der Waals surface area (Å²) in [7, 11) is 0. The minimum absolute atomic E-state index is 0.0382. The first-order chi connectivity index (χ1) is 29.9. The average molecular weight is 885 g/mol. The van der Waals surface area contributed by atoms with Gasteiger partial charge in [-0.25, -0.2) is 0 Å². The van der Waals surface area contributed by atoms with Crippen LogP contribution < -0.4 is 38.1 Å². The largest absolute Gasteiger partial charge is 0.394 e. The standard InChI is InChI=1S/C41H56N8O14/c1-23(45-40(58)24(2)62-36-34(46-25(3)51)41(63-31(21-50)35(36)54)61-22-27-10-5-4-6-11-27)39(57)48-30(38(43)56)16-18-33(53)47-29(37(42)55)14-7-8-19-44-32(52)17-15-26-12-9-13-28(20-26)49(59)60/h4-6,9-13,15,17,20,23-24,29-31,34-36,41,50,54H,7-8,14,16,18-19,21-22H2,1-3H3,(H2,42,55)(H2,43,56)(H,44,52)(H,45,58)(H,46,51)(H,47,53)(H,48,57)/t23-,24+,29-,30+,31+,34+,35+,36+,41-/m0/s1. The number of carbonyl (C=O) groups is 7. The quantitative estimate of drug-likeness (QED) is 0.0242. The lowest BCUT2D eigenvalue weighted by atomic mass is 9.96. The topological polar surface area (TPSA) is 343 Å². The molecule has 0 bridgehead atoms. The SMILES string of the molecule is CC(=O)N[C@H]1[C@@H](OCc2ccccc2)O[C@H](CO)[C@@H](O)[C@@H]1O[C@H](C)C(=O)N[C@@H](C)C(=O)N[C@H](CCC(=O)N[C@@H](CCCCNC(=O)C=Cc1cccc([N+](=O)[O-])c1)C(N)=O)C(N)=O. The lowest BCUT2D eigenvalue weighted by molar-refractivity contribution is -0.384. The fraction of sp³-hybridized carbons (Fsp3) is 0.488. The van der Waals surface area contributed by atoms with E-state index in [0.717, 1.165) is 5.56 Å². The third kappa shape index (κ3) is 17.2. The van der Waals surface area contributed by atoms with Crippen molar-refractivity contribution >= 4 is 53.1 Å². The summed E-state index contributed by atoms with van der Waals surface area (Å²) in [6, 6.07) is 9.88. The lowest BCUT2D eigenvalue weighted by Gasteiger charge is -2.44. The van der Waals surface area contributed by atoms with Crippen LogP contribution in [-0.4, -0.2) is 125 Å². The van der Waals surface area contributed by atoms with E-state index in [9.17, 15) is 53.9 Å². The molecule has 9 atom stereocenters. The number of benzene rings is 2. The van der Waals surface area contributed by atoms with Crippen molar-refractivity contribution in [1.29, 1.82) is 0 Å². The van der Waals surface area contributed by atoms with Gasteiger partial charge in [0.25, 0.3) is 5.69 Å². The number of rotatable bonds is 25. The van der Waals surface area contributed by atoms with Crippen LogP contribution in [0.25, 0.3) is 6.08 Å². The smallest absolute Gasteiger partial charge is 0.270 e. The predicted octanol–water partition coefficient (Wildman–Crippen LogP) is -1.31. The highest BCUT2D eigenvalue weighted by Gasteiger charge is 2.48. The van der Waals surface area contributed by atoms with E-state index in [4.69, 9.17) is 25.7 Å². The molecule has 7 amide bonds. The molecule has 0 aromatic heterocycles. The fourth-order valence-corrected chi connectivity index (χ4v) is 6.27. The number of non-ortho nitro benzene ring substituents is 1. The Morgan fingerprint density at radius 2 is 1.60 bits per heavy atom. The normalized spacial score (nSPS) is 20.3. The molecule has 1 aliphatic rings. The molecule has 2 aromatic rings. The van der Waals surface area contributed by atoms with Crippen molar-refractivity contribution in [2.45, 2.75) is 114 Å². The van der Waals surface area contributed by atoms with E-state index in [1.807, 2.05) is 6.07 Å². The van der Waals surface area contributed by atoms with Crippen LogP contribution in [0.5, 0.6) is 0 Å². The molecule has 22 nitrogen and oxygen atoms in total. The maximum atomic E-state index is 13.2. The van der Waals surface area contributed by atoms with Crippen molar-refractivity contribution in [2.24, 2.45) is 11.5 Å². The monoisotopic (exact) mass is 884 g/mol. The number of unbranched alkanes of at least 4 members (excludes halogenated alkanes) is 1. The second-order valence-corrected chi connectivity index (χ2v) is 14.7. The molecule has 0 saturated carbocycles. The number of hydrogen-bond acceptors (Lipinski definition) is 14. The maximum absolute atomic E-state index is 13.2. The van der Waals surface area contributed by atoms with Crippen LogP contribution in [0.2, 0.25) is 0 Å². The van der Waals surface area contributed by atoms with Gasteiger partial charge in [-0.2, -0.15) is 0 Å². The van der Waals surface area contributed by atoms with Crippen LogP contribution in [-0.2, 0) is 54.4 Å². The summed E-state index contributed by atoms with van der Waals surface area (Å²) in [5.41, 5.74) is 12.1. The van der Waals surface area contributed by atoms with Gasteiger partial charge < -0.3 is 62.5 Å². The van der Waals surface area contributed by atoms with Crippen LogP contribution in [0.15, 0.2) is 60.7 Å². The lowest BCUT2D eigenvalue weighted by Crippen LogP contribution is -2.66. The fourth-order valence-electron chi connectivity index (χ4n) is 6.27. The van der Waals surface area contributed by atoms with Crippen molar-refractivity contribution in [2.75, 3.05) is 13.2 Å². The number of hydrogen-bond donors (Lipinski definition) is 9. The number of aliphatic hydroxyl groups is 2. The van der Waals surface area contributed by atoms with E-state index in [2.05, 4.69) is 26.6 Å². The van der Waals surface area contributed by atoms with Gasteiger partial charge >= 0.3 is 0 Å². The van der Waals surface area contributed by atoms with E-state index < -0.39 is 108 Å². The Balaban J connectivity index is 1.47. The van der Waals surface area contributed by atoms with Gasteiger partial charge in [0, 0.05) is 38.1 Å². The van der Waals surface area contributed by atoms with Crippen LogP contribution in [0, 0.1) is 10.1 Å². The van der Waals surface area contributed by atoms with Gasteiger partial charge in [0.15, 0.2) is 6.29 Å². The molecule has 344 valence electrons. The minimum Gasteiger partial charge on any atom is -0.394 e. The Labute approximate surface area is 363 Å². The van der Waals surface area contributed by atoms with Gasteiger partial charge in [-0.05, 0) is 56.7 Å². The second-order valence-electron chi connectivity index (χ2n) is 14.7. The van der Waals surface area contributed by atoms with Gasteiger partial charge in [0.2, 0.25) is 41.4 Å². The Morgan fingerprint density at radius 3 is 2.24 bits per heavy atom. The summed E-state index contributed by atoms with van der Waals surface area (Å²) in [4.78, 5) is 98.1. The van der Waals surface area contributed by atoms with E-state index in [1.165, 1.54) is 51.1 Å². The predicted molar refractivity (Wildman–Crippen MR) is 223 cm³/mol. The molecule has 1 fully saturated rings. The summed E-state index contributed by atoms with van der Waals surface area (Å²) >= 11 is 0. The number of nitro groups is 1. The highest BCUT2D eigenvalue weighted by molar-refractivity contribution is 5.93. The molecule has 11 N–H and O–H groups in total. The highest BCUT2D eigenvalue weighted by atomic mass is 16.7. The summed E-state index contributed by atoms with van der Waals surface area (Å²) in [5, 5.41) is 44.5. The third-order valence-corrected chi connectivity index (χ3v) is 9.69. The maximum Gasteiger partial charge on any atom is 0.270 e. The zero-order chi connectivity index (χ0) is 46.6. The molecular weight excluding hydrogens is 828 g/mol. The van der Waals surface area contributed by atoms with Crippen LogP contribution in [0.3, 0.4) is 0 Å². The van der Waals surface area contributed by atoms with Gasteiger partial charge in [-0.15, -0.1) is 0 Å². The summed E-state index contributed by atoms with van der Waals surface area (Å²) in [6.07, 6.45) is -3.72. The van der Waals surface area contributed by atoms with E-state index >= 15 is 0 Å². The number of carbonyl (C=O) groups excluding carboxylic acids is 7. The first-order valence-electron chi connectivity index (χ1n) is 20.1. The van der Waals surface area contributed by atoms with Crippen molar-refractivity contribution in [3.8, 4) is 0 Å². The van der Waals surface area contributed by atoms with Crippen LogP contribution in [0.1, 0.15) is 64.0 Å². The number of amides is 7. The number of nitrogens with one attached hydrogen (secondary N) is 5. The van der Waals surface area contributed by atoms with Gasteiger partial charge in [0.1, 0.15) is 48.6 Å². The van der Waals surface area contributed by atoms with E-state index in [0.29, 0.717) is 18.4 Å². The Morgan fingerprint density at radius 1 is 0.921 bits per heavy atom. The molecule has 0 unspecified atom stereocenters. The molecule has 22 heteroatoms. The molecule has 1 saturated heterocycles. The van der Waals surface area contributed by atoms with E-state index in [1.54, 1.807) is 30.3 Å². The first kappa shape index (κ1) is 51.0.